The van der Waals surface area contributed by atoms with Crippen molar-refractivity contribution in [1.29, 1.82) is 0 Å². The lowest BCUT2D eigenvalue weighted by Gasteiger charge is -2.18. The molecule has 0 fully saturated rings. The highest BCUT2D eigenvalue weighted by atomic mass is 79.9. The lowest BCUT2D eigenvalue weighted by atomic mass is 10.1. The maximum Gasteiger partial charge on any atom is 0.340 e. The Morgan fingerprint density at radius 1 is 1.16 bits per heavy atom. The monoisotopic (exact) mass is 523 g/mol. The van der Waals surface area contributed by atoms with Gasteiger partial charge in [-0.15, -0.1) is 12.4 Å². The summed E-state index contributed by atoms with van der Waals surface area (Å²) in [5, 5.41) is 14.5. The van der Waals surface area contributed by atoms with Crippen LogP contribution >= 0.6 is 28.3 Å². The first kappa shape index (κ1) is 26.2. The first-order chi connectivity index (χ1) is 15.0. The van der Waals surface area contributed by atoms with Crippen LogP contribution in [-0.4, -0.2) is 53.3 Å². The minimum Gasteiger partial charge on any atom is -0.507 e. The number of aromatic nitrogens is 1. The number of carbonyl (C=O) groups is 1. The molecule has 0 aliphatic carbocycles. The minimum absolute atomic E-state index is 0. The summed E-state index contributed by atoms with van der Waals surface area (Å²) in [6.45, 7) is 10.6. The first-order valence-electron chi connectivity index (χ1n) is 10.7. The van der Waals surface area contributed by atoms with Gasteiger partial charge in [-0.2, -0.15) is 0 Å². The number of rotatable bonds is 10. The van der Waals surface area contributed by atoms with Crippen molar-refractivity contribution in [2.75, 3.05) is 32.8 Å². The molecule has 0 atom stereocenters. The van der Waals surface area contributed by atoms with Crippen LogP contribution in [0.4, 0.5) is 0 Å². The van der Waals surface area contributed by atoms with Crippen LogP contribution in [0.25, 0.3) is 16.6 Å². The predicted octanol–water partition coefficient (Wildman–Crippen LogP) is 5.13. The molecule has 3 aromatic rings. The van der Waals surface area contributed by atoms with Gasteiger partial charge in [-0.1, -0.05) is 32.0 Å². The number of phenols is 1. The third kappa shape index (κ3) is 5.64. The summed E-state index contributed by atoms with van der Waals surface area (Å²) in [4.78, 5) is 15.3. The number of phenolic OH excluding ortho intramolecular Hbond substituents is 1. The lowest BCUT2D eigenvalue weighted by molar-refractivity contribution is 0.0527. The lowest BCUT2D eigenvalue weighted by Crippen LogP contribution is -2.32. The van der Waals surface area contributed by atoms with Gasteiger partial charge in [-0.3, -0.25) is 0 Å². The van der Waals surface area contributed by atoms with Gasteiger partial charge in [-0.05, 0) is 60.2 Å². The second-order valence-electron chi connectivity index (χ2n) is 7.24. The van der Waals surface area contributed by atoms with Crippen molar-refractivity contribution in [2.45, 2.75) is 27.3 Å². The number of nitrogens with one attached hydrogen (secondary N) is 1. The topological polar surface area (TPSA) is 66.7 Å². The van der Waals surface area contributed by atoms with Crippen LogP contribution in [0.5, 0.6) is 5.75 Å². The van der Waals surface area contributed by atoms with Crippen LogP contribution < -0.4 is 5.32 Å². The molecule has 0 amide bonds. The Bertz CT molecular complexity index is 1040. The molecule has 1 heterocycles. The van der Waals surface area contributed by atoms with Crippen LogP contribution in [-0.2, 0) is 11.3 Å². The van der Waals surface area contributed by atoms with Crippen LogP contribution in [0, 0.1) is 0 Å². The summed E-state index contributed by atoms with van der Waals surface area (Å²) in [6.07, 6.45) is 0. The fourth-order valence-corrected chi connectivity index (χ4v) is 4.13. The summed E-state index contributed by atoms with van der Waals surface area (Å²) < 4.78 is 8.03. The molecule has 2 aromatic carbocycles. The Morgan fingerprint density at radius 2 is 1.84 bits per heavy atom. The Morgan fingerprint density at radius 3 is 2.47 bits per heavy atom. The summed E-state index contributed by atoms with van der Waals surface area (Å²) in [6, 6.07) is 13.4. The minimum atomic E-state index is -0.385. The van der Waals surface area contributed by atoms with E-state index >= 15 is 0 Å². The maximum atomic E-state index is 13.0. The van der Waals surface area contributed by atoms with E-state index in [4.69, 9.17) is 4.74 Å². The van der Waals surface area contributed by atoms with Crippen LogP contribution in [0.1, 0.15) is 36.8 Å². The Kier molecular flexibility index (Phi) is 10.0. The summed E-state index contributed by atoms with van der Waals surface area (Å²) in [7, 11) is 0. The molecule has 1 aromatic heterocycles. The summed E-state index contributed by atoms with van der Waals surface area (Å²) in [5.74, 6) is -0.297. The zero-order chi connectivity index (χ0) is 22.4. The van der Waals surface area contributed by atoms with E-state index in [1.807, 2.05) is 36.4 Å². The second kappa shape index (κ2) is 12.3. The zero-order valence-corrected chi connectivity index (χ0v) is 21.1. The Hall–Kier alpha value is -2.06. The first-order valence-corrected chi connectivity index (χ1v) is 11.5. The molecule has 2 N–H and O–H groups in total. The number of aromatic hydroxyl groups is 1. The van der Waals surface area contributed by atoms with Crippen molar-refractivity contribution in [3.8, 4) is 11.4 Å². The van der Waals surface area contributed by atoms with Gasteiger partial charge in [0.2, 0.25) is 0 Å². The van der Waals surface area contributed by atoms with Crippen molar-refractivity contribution in [1.82, 2.24) is 14.8 Å². The molecule has 0 unspecified atom stereocenters. The number of ether oxygens (including phenoxy) is 1. The number of nitrogens with zero attached hydrogens (tertiary/aromatic N) is 2. The number of esters is 1. The molecule has 0 aliphatic rings. The molecule has 0 saturated carbocycles. The Balaban J connectivity index is 0.00000363. The highest BCUT2D eigenvalue weighted by Crippen LogP contribution is 2.36. The maximum absolute atomic E-state index is 13.0. The molecule has 0 radical (unpaired) electrons. The van der Waals surface area contributed by atoms with Gasteiger partial charge in [0.05, 0.1) is 27.9 Å². The van der Waals surface area contributed by atoms with Crippen LogP contribution in [0.2, 0.25) is 0 Å². The molecule has 0 aliphatic heterocycles. The number of likely N-dealkylation sites (N-methyl/N-ethyl adjacent to an activating group) is 1. The van der Waals surface area contributed by atoms with Gasteiger partial charge in [0, 0.05) is 30.7 Å². The number of carbonyl (C=O) groups excluding carboxylic acids is 1. The quantitative estimate of drug-likeness (QED) is 0.284. The number of halogens is 2. The number of hydrogen-bond acceptors (Lipinski definition) is 5. The third-order valence-corrected chi connectivity index (χ3v) is 6.05. The number of para-hydroxylation sites is 1. The van der Waals surface area contributed by atoms with E-state index in [2.05, 4.69) is 44.6 Å². The Labute approximate surface area is 204 Å². The molecule has 0 bridgehead atoms. The van der Waals surface area contributed by atoms with Crippen molar-refractivity contribution in [2.24, 2.45) is 0 Å². The predicted molar refractivity (Wildman–Crippen MR) is 135 cm³/mol. The molecular formula is C24H31BrClN3O3. The molecule has 3 rings (SSSR count). The van der Waals surface area contributed by atoms with Gasteiger partial charge in [0.15, 0.2) is 0 Å². The van der Waals surface area contributed by atoms with Crippen LogP contribution in [0.3, 0.4) is 0 Å². The molecule has 8 heteroatoms. The van der Waals surface area contributed by atoms with Gasteiger partial charge >= 0.3 is 5.97 Å². The van der Waals surface area contributed by atoms with Gasteiger partial charge in [0.25, 0.3) is 0 Å². The fourth-order valence-electron chi connectivity index (χ4n) is 3.80. The fraction of sp³-hybridized carbons (Fsp3) is 0.375. The van der Waals surface area contributed by atoms with E-state index < -0.39 is 0 Å². The second-order valence-corrected chi connectivity index (χ2v) is 8.09. The zero-order valence-electron chi connectivity index (χ0n) is 18.7. The standard InChI is InChI=1S/C24H30BrN3O3.ClH/c1-4-27(5-2)13-12-26-16-21-23(24(30)31-6-3)18-14-22(29)19(25)15-20(18)28(21)17-10-8-7-9-11-17;/h7-11,14-15,26,29H,4-6,12-13,16H2,1-3H3;1H. The number of hydrogen-bond donors (Lipinski definition) is 2. The van der Waals surface area contributed by atoms with E-state index in [9.17, 15) is 9.90 Å². The number of fused-ring (bicyclic) bond motifs is 1. The normalized spacial score (nSPS) is 11.0. The molecule has 0 spiro atoms. The van der Waals surface area contributed by atoms with Gasteiger partial charge in [-0.25, -0.2) is 4.79 Å². The van der Waals surface area contributed by atoms with Gasteiger partial charge in [0.1, 0.15) is 5.75 Å². The van der Waals surface area contributed by atoms with E-state index in [-0.39, 0.29) is 30.7 Å². The number of benzene rings is 2. The molecule has 32 heavy (non-hydrogen) atoms. The van der Waals surface area contributed by atoms with E-state index in [1.54, 1.807) is 13.0 Å². The van der Waals surface area contributed by atoms with Crippen molar-refractivity contribution in [3.05, 3.63) is 58.2 Å². The van der Waals surface area contributed by atoms with E-state index in [1.165, 1.54) is 0 Å². The highest BCUT2D eigenvalue weighted by molar-refractivity contribution is 9.10. The average molecular weight is 525 g/mol. The van der Waals surface area contributed by atoms with E-state index in [0.717, 1.165) is 43.1 Å². The molecule has 0 saturated heterocycles. The molecule has 6 nitrogen and oxygen atoms in total. The average Bonchev–Trinajstić information content (AvgIpc) is 3.08. The van der Waals surface area contributed by atoms with Crippen LogP contribution in [0.15, 0.2) is 46.9 Å². The largest absolute Gasteiger partial charge is 0.507 e. The summed E-state index contributed by atoms with van der Waals surface area (Å²) in [5.41, 5.74) is 3.08. The van der Waals surface area contributed by atoms with Crippen molar-refractivity contribution < 1.29 is 14.6 Å². The van der Waals surface area contributed by atoms with Crippen molar-refractivity contribution in [3.63, 3.8) is 0 Å². The van der Waals surface area contributed by atoms with Gasteiger partial charge < -0.3 is 24.6 Å². The third-order valence-electron chi connectivity index (χ3n) is 5.42. The highest BCUT2D eigenvalue weighted by Gasteiger charge is 2.25. The smallest absolute Gasteiger partial charge is 0.340 e. The summed E-state index contributed by atoms with van der Waals surface area (Å²) >= 11 is 3.42. The van der Waals surface area contributed by atoms with Crippen molar-refractivity contribution >= 4 is 45.2 Å². The van der Waals surface area contributed by atoms with E-state index in [0.29, 0.717) is 22.0 Å². The molecular weight excluding hydrogens is 494 g/mol. The SMILES string of the molecule is CCOC(=O)c1c(CNCCN(CC)CC)n(-c2ccccc2)c2cc(Br)c(O)cc12.Cl. The molecule has 174 valence electrons.